The molecular formula is C33H34BrN5O3. The second-order valence-corrected chi connectivity index (χ2v) is 10.9. The molecule has 0 aromatic heterocycles. The van der Waals surface area contributed by atoms with Gasteiger partial charge in [-0.05, 0) is 70.9 Å². The van der Waals surface area contributed by atoms with Crippen LogP contribution in [0.2, 0.25) is 0 Å². The van der Waals surface area contributed by atoms with Gasteiger partial charge >= 0.3 is 6.03 Å². The van der Waals surface area contributed by atoms with E-state index in [2.05, 4.69) is 47.7 Å². The number of carbonyl (C=O) groups excluding carboxylic acids is 2. The molecule has 0 spiro atoms. The number of piperazine rings is 1. The standard InChI is InChI=1S/C33H34BrN5O3/c1-23(24-10-4-3-5-11-24)35-32(40)26-22-25(36-33(41)37-28-13-7-6-12-27(28)34)16-17-29(26)38-18-20-39(21-19-38)30-14-8-9-15-31(30)42-2/h3-17,22-23H,18-21H2,1-2H3,(H,35,40)(H2,36,37,41). The lowest BCUT2D eigenvalue weighted by Gasteiger charge is -2.38. The summed E-state index contributed by atoms with van der Waals surface area (Å²) in [5.41, 5.74) is 4.57. The van der Waals surface area contributed by atoms with Gasteiger partial charge in [-0.15, -0.1) is 0 Å². The van der Waals surface area contributed by atoms with Gasteiger partial charge in [-0.2, -0.15) is 0 Å². The number of anilines is 4. The summed E-state index contributed by atoms with van der Waals surface area (Å²) in [7, 11) is 1.69. The van der Waals surface area contributed by atoms with Crippen molar-refractivity contribution in [3.05, 3.63) is 113 Å². The Kier molecular flexibility index (Phi) is 9.28. The fraction of sp³-hybridized carbons (Fsp3) is 0.212. The molecule has 8 nitrogen and oxygen atoms in total. The fourth-order valence-corrected chi connectivity index (χ4v) is 5.48. The average molecular weight is 629 g/mol. The first-order chi connectivity index (χ1) is 20.4. The number of halogens is 1. The fourth-order valence-electron chi connectivity index (χ4n) is 5.10. The molecular weight excluding hydrogens is 594 g/mol. The number of carbonyl (C=O) groups is 2. The highest BCUT2D eigenvalue weighted by Crippen LogP contribution is 2.31. The van der Waals surface area contributed by atoms with Crippen LogP contribution in [0.3, 0.4) is 0 Å². The molecule has 0 aliphatic carbocycles. The summed E-state index contributed by atoms with van der Waals surface area (Å²) in [5.74, 6) is 0.639. The van der Waals surface area contributed by atoms with E-state index in [4.69, 9.17) is 4.74 Å². The molecule has 9 heteroatoms. The monoisotopic (exact) mass is 627 g/mol. The lowest BCUT2D eigenvalue weighted by Crippen LogP contribution is -2.47. The molecule has 4 aromatic carbocycles. The van der Waals surface area contributed by atoms with E-state index < -0.39 is 6.03 Å². The number of benzene rings is 4. The molecule has 0 radical (unpaired) electrons. The van der Waals surface area contributed by atoms with E-state index in [1.165, 1.54) is 0 Å². The molecule has 0 saturated carbocycles. The van der Waals surface area contributed by atoms with Gasteiger partial charge in [0.25, 0.3) is 5.91 Å². The Labute approximate surface area is 254 Å². The number of hydrogen-bond donors (Lipinski definition) is 3. The van der Waals surface area contributed by atoms with E-state index >= 15 is 0 Å². The number of methoxy groups -OCH3 is 1. The van der Waals surface area contributed by atoms with Crippen molar-refractivity contribution in [3.8, 4) is 5.75 Å². The number of urea groups is 1. The summed E-state index contributed by atoms with van der Waals surface area (Å²) in [4.78, 5) is 31.1. The van der Waals surface area contributed by atoms with Crippen molar-refractivity contribution in [2.75, 3.05) is 53.7 Å². The van der Waals surface area contributed by atoms with Crippen molar-refractivity contribution >= 4 is 50.6 Å². The Hall–Kier alpha value is -4.50. The normalized spacial score (nSPS) is 13.7. The number of rotatable bonds is 8. The van der Waals surface area contributed by atoms with Crippen molar-refractivity contribution in [2.45, 2.75) is 13.0 Å². The molecule has 1 aliphatic heterocycles. The largest absolute Gasteiger partial charge is 0.495 e. The minimum Gasteiger partial charge on any atom is -0.495 e. The third-order valence-corrected chi connectivity index (χ3v) is 8.01. The number of nitrogens with zero attached hydrogens (tertiary/aromatic N) is 2. The summed E-state index contributed by atoms with van der Waals surface area (Å²) in [6, 6.07) is 30.2. The number of amides is 3. The Bertz CT molecular complexity index is 1540. The Morgan fingerprint density at radius 2 is 1.43 bits per heavy atom. The third kappa shape index (κ3) is 6.86. The maximum atomic E-state index is 13.7. The summed E-state index contributed by atoms with van der Waals surface area (Å²) in [5, 5.41) is 8.87. The van der Waals surface area contributed by atoms with E-state index in [1.807, 2.05) is 85.8 Å². The Morgan fingerprint density at radius 3 is 2.14 bits per heavy atom. The quantitative estimate of drug-likeness (QED) is 0.197. The van der Waals surface area contributed by atoms with Gasteiger partial charge in [0.1, 0.15) is 5.75 Å². The highest BCUT2D eigenvalue weighted by atomic mass is 79.9. The van der Waals surface area contributed by atoms with Gasteiger partial charge in [0.15, 0.2) is 0 Å². The minimum atomic E-state index is -0.399. The van der Waals surface area contributed by atoms with Crippen LogP contribution in [0.1, 0.15) is 28.9 Å². The first-order valence-corrected chi connectivity index (χ1v) is 14.7. The molecule has 0 bridgehead atoms. The number of ether oxygens (including phenoxy) is 1. The number of para-hydroxylation sites is 3. The van der Waals surface area contributed by atoms with Crippen LogP contribution in [-0.2, 0) is 0 Å². The first kappa shape index (κ1) is 29.0. The molecule has 42 heavy (non-hydrogen) atoms. The van der Waals surface area contributed by atoms with Crippen LogP contribution in [0.5, 0.6) is 5.75 Å². The van der Waals surface area contributed by atoms with Gasteiger partial charge in [0, 0.05) is 42.0 Å². The van der Waals surface area contributed by atoms with Crippen LogP contribution in [0, 0.1) is 0 Å². The minimum absolute atomic E-state index is 0.190. The van der Waals surface area contributed by atoms with Gasteiger partial charge in [-0.25, -0.2) is 4.79 Å². The van der Waals surface area contributed by atoms with E-state index in [9.17, 15) is 9.59 Å². The molecule has 216 valence electrons. The second kappa shape index (κ2) is 13.4. The van der Waals surface area contributed by atoms with Crippen LogP contribution < -0.4 is 30.5 Å². The van der Waals surface area contributed by atoms with Gasteiger partial charge in [-0.3, -0.25) is 4.79 Å². The van der Waals surface area contributed by atoms with Gasteiger partial charge in [-0.1, -0.05) is 54.6 Å². The van der Waals surface area contributed by atoms with Crippen molar-refractivity contribution in [1.82, 2.24) is 5.32 Å². The smallest absolute Gasteiger partial charge is 0.323 e. The highest BCUT2D eigenvalue weighted by Gasteiger charge is 2.24. The molecule has 1 unspecified atom stereocenters. The number of hydrogen-bond acceptors (Lipinski definition) is 5. The van der Waals surface area contributed by atoms with Gasteiger partial charge in [0.2, 0.25) is 0 Å². The average Bonchev–Trinajstić information content (AvgIpc) is 3.02. The molecule has 3 amide bonds. The zero-order valence-corrected chi connectivity index (χ0v) is 25.2. The second-order valence-electron chi connectivity index (χ2n) is 10.0. The zero-order valence-electron chi connectivity index (χ0n) is 23.6. The van der Waals surface area contributed by atoms with Crippen LogP contribution in [0.25, 0.3) is 0 Å². The molecule has 1 atom stereocenters. The Balaban J connectivity index is 1.36. The summed E-state index contributed by atoms with van der Waals surface area (Å²) < 4.78 is 6.35. The van der Waals surface area contributed by atoms with Gasteiger partial charge in [0.05, 0.1) is 30.1 Å². The van der Waals surface area contributed by atoms with Gasteiger partial charge < -0.3 is 30.5 Å². The van der Waals surface area contributed by atoms with Crippen LogP contribution in [0.15, 0.2) is 102 Å². The molecule has 1 heterocycles. The topological polar surface area (TPSA) is 85.9 Å². The number of nitrogens with one attached hydrogen (secondary N) is 3. The van der Waals surface area contributed by atoms with Crippen molar-refractivity contribution in [2.24, 2.45) is 0 Å². The zero-order chi connectivity index (χ0) is 29.5. The van der Waals surface area contributed by atoms with Crippen molar-refractivity contribution in [3.63, 3.8) is 0 Å². The SMILES string of the molecule is COc1ccccc1N1CCN(c2ccc(NC(=O)Nc3ccccc3Br)cc2C(=O)NC(C)c2ccccc2)CC1. The van der Waals surface area contributed by atoms with Crippen LogP contribution in [-0.4, -0.2) is 45.2 Å². The first-order valence-electron chi connectivity index (χ1n) is 13.9. The summed E-state index contributed by atoms with van der Waals surface area (Å²) in [6.07, 6.45) is 0. The molecule has 1 saturated heterocycles. The maximum Gasteiger partial charge on any atom is 0.323 e. The molecule has 3 N–H and O–H groups in total. The highest BCUT2D eigenvalue weighted by molar-refractivity contribution is 9.10. The predicted molar refractivity (Wildman–Crippen MR) is 173 cm³/mol. The predicted octanol–water partition coefficient (Wildman–Crippen LogP) is 6.92. The van der Waals surface area contributed by atoms with E-state index in [0.29, 0.717) is 16.9 Å². The van der Waals surface area contributed by atoms with Crippen molar-refractivity contribution < 1.29 is 14.3 Å². The third-order valence-electron chi connectivity index (χ3n) is 7.31. The van der Waals surface area contributed by atoms with E-state index in [-0.39, 0.29) is 11.9 Å². The summed E-state index contributed by atoms with van der Waals surface area (Å²) in [6.45, 7) is 4.96. The van der Waals surface area contributed by atoms with Crippen LogP contribution in [0.4, 0.5) is 27.5 Å². The summed E-state index contributed by atoms with van der Waals surface area (Å²) >= 11 is 3.45. The van der Waals surface area contributed by atoms with Crippen molar-refractivity contribution in [1.29, 1.82) is 0 Å². The van der Waals surface area contributed by atoms with Crippen LogP contribution >= 0.6 is 15.9 Å². The molecule has 5 rings (SSSR count). The Morgan fingerprint density at radius 1 is 0.786 bits per heavy atom. The van der Waals surface area contributed by atoms with E-state index in [1.54, 1.807) is 19.2 Å². The lowest BCUT2D eigenvalue weighted by molar-refractivity contribution is 0.0940. The molecule has 1 aliphatic rings. The molecule has 4 aromatic rings. The molecule has 1 fully saturated rings. The lowest BCUT2D eigenvalue weighted by atomic mass is 10.1. The van der Waals surface area contributed by atoms with E-state index in [0.717, 1.165) is 53.3 Å². The maximum absolute atomic E-state index is 13.7.